The molecule has 4 aromatic rings. The average molecular weight is 542 g/mol. The first kappa shape index (κ1) is 27.1. The van der Waals surface area contributed by atoms with E-state index in [4.69, 9.17) is 19.6 Å². The zero-order chi connectivity index (χ0) is 28.1. The van der Waals surface area contributed by atoms with E-state index in [0.717, 1.165) is 53.3 Å². The fourth-order valence-corrected chi connectivity index (χ4v) is 4.51. The molecule has 10 heteroatoms. The van der Waals surface area contributed by atoms with Gasteiger partial charge in [-0.3, -0.25) is 9.67 Å². The highest BCUT2D eigenvalue weighted by Gasteiger charge is 2.27. The molecular weight excluding hydrogens is 506 g/mol. The van der Waals surface area contributed by atoms with Gasteiger partial charge >= 0.3 is 6.09 Å². The Morgan fingerprint density at radius 3 is 2.65 bits per heavy atom. The highest BCUT2D eigenvalue weighted by atomic mass is 16.6. The molecule has 208 valence electrons. The second kappa shape index (κ2) is 11.7. The minimum atomic E-state index is -0.500. The summed E-state index contributed by atoms with van der Waals surface area (Å²) in [4.78, 5) is 27.6. The Labute approximate surface area is 234 Å². The molecule has 5 rings (SSSR count). The second-order valence-electron chi connectivity index (χ2n) is 10.7. The summed E-state index contributed by atoms with van der Waals surface area (Å²) < 4.78 is 13.6. The van der Waals surface area contributed by atoms with E-state index in [1.807, 2.05) is 74.1 Å². The number of ether oxygens (including phenoxy) is 2. The van der Waals surface area contributed by atoms with Crippen molar-refractivity contribution < 1.29 is 14.3 Å². The fraction of sp³-hybridized carbons (Fsp3) is 0.367. The summed E-state index contributed by atoms with van der Waals surface area (Å²) in [5.74, 6) is 1.22. The van der Waals surface area contributed by atoms with Crippen LogP contribution >= 0.6 is 0 Å². The number of pyridine rings is 1. The normalized spacial score (nSPS) is 14.2. The van der Waals surface area contributed by atoms with E-state index in [-0.39, 0.29) is 12.2 Å². The maximum Gasteiger partial charge on any atom is 0.410 e. The minimum Gasteiger partial charge on any atom is -0.490 e. The Morgan fingerprint density at radius 1 is 1.10 bits per heavy atom. The maximum absolute atomic E-state index is 12.4. The van der Waals surface area contributed by atoms with Crippen LogP contribution in [0.3, 0.4) is 0 Å². The van der Waals surface area contributed by atoms with E-state index in [9.17, 15) is 4.79 Å². The van der Waals surface area contributed by atoms with Crippen molar-refractivity contribution in [3.05, 3.63) is 67.3 Å². The molecule has 4 heterocycles. The SMILES string of the molecule is CCn1cc(-c2ccnc(Nc3cccc(OC4CCN(C(=O)OC(C)(C)C)CC4)c3)n2)c(-c2cccnc2)n1. The van der Waals surface area contributed by atoms with Crippen molar-refractivity contribution >= 4 is 17.7 Å². The number of nitrogens with one attached hydrogen (secondary N) is 1. The van der Waals surface area contributed by atoms with Gasteiger partial charge in [0.1, 0.15) is 23.1 Å². The van der Waals surface area contributed by atoms with E-state index in [2.05, 4.69) is 22.2 Å². The van der Waals surface area contributed by atoms with Crippen LogP contribution in [-0.4, -0.2) is 60.5 Å². The summed E-state index contributed by atoms with van der Waals surface area (Å²) in [6.07, 6.45) is 8.52. The Morgan fingerprint density at radius 2 is 1.93 bits per heavy atom. The number of carbonyl (C=O) groups excluding carboxylic acids is 1. The zero-order valence-electron chi connectivity index (χ0n) is 23.4. The monoisotopic (exact) mass is 541 g/mol. The minimum absolute atomic E-state index is 0.0227. The molecule has 1 aliphatic heterocycles. The van der Waals surface area contributed by atoms with Crippen molar-refractivity contribution in [1.82, 2.24) is 29.6 Å². The quantitative estimate of drug-likeness (QED) is 0.306. The van der Waals surface area contributed by atoms with Crippen molar-refractivity contribution in [2.75, 3.05) is 18.4 Å². The predicted molar refractivity (Wildman–Crippen MR) is 153 cm³/mol. The molecule has 1 amide bonds. The first-order chi connectivity index (χ1) is 19.3. The van der Waals surface area contributed by atoms with Crippen LogP contribution in [-0.2, 0) is 11.3 Å². The van der Waals surface area contributed by atoms with E-state index < -0.39 is 5.60 Å². The van der Waals surface area contributed by atoms with Gasteiger partial charge in [0.25, 0.3) is 0 Å². The van der Waals surface area contributed by atoms with Gasteiger partial charge in [0.15, 0.2) is 0 Å². The first-order valence-electron chi connectivity index (χ1n) is 13.6. The number of aromatic nitrogens is 5. The van der Waals surface area contributed by atoms with Crippen LogP contribution in [0.25, 0.3) is 22.5 Å². The summed E-state index contributed by atoms with van der Waals surface area (Å²) in [6.45, 7) is 9.64. The maximum atomic E-state index is 12.4. The van der Waals surface area contributed by atoms with Gasteiger partial charge in [-0.15, -0.1) is 0 Å². The number of hydrogen-bond donors (Lipinski definition) is 1. The number of aryl methyl sites for hydroxylation is 1. The van der Waals surface area contributed by atoms with Crippen LogP contribution in [0.15, 0.2) is 67.3 Å². The lowest BCUT2D eigenvalue weighted by atomic mass is 10.1. The smallest absolute Gasteiger partial charge is 0.410 e. The average Bonchev–Trinajstić information content (AvgIpc) is 3.38. The molecular formula is C30H35N7O3. The predicted octanol–water partition coefficient (Wildman–Crippen LogP) is 5.94. The van der Waals surface area contributed by atoms with Gasteiger partial charge in [-0.25, -0.2) is 14.8 Å². The molecule has 3 aromatic heterocycles. The molecule has 1 aromatic carbocycles. The lowest BCUT2D eigenvalue weighted by Gasteiger charge is -2.33. The van der Waals surface area contributed by atoms with Crippen molar-refractivity contribution in [3.63, 3.8) is 0 Å². The Balaban J connectivity index is 1.25. The topological polar surface area (TPSA) is 107 Å². The fourth-order valence-electron chi connectivity index (χ4n) is 4.51. The molecule has 0 bridgehead atoms. The summed E-state index contributed by atoms with van der Waals surface area (Å²) in [5.41, 5.74) is 3.75. The van der Waals surface area contributed by atoms with E-state index in [0.29, 0.717) is 19.0 Å². The number of anilines is 2. The van der Waals surface area contributed by atoms with Crippen LogP contribution in [0.1, 0.15) is 40.5 Å². The molecule has 0 spiro atoms. The first-order valence-corrected chi connectivity index (χ1v) is 13.6. The van der Waals surface area contributed by atoms with Gasteiger partial charge in [-0.1, -0.05) is 6.07 Å². The number of carbonyl (C=O) groups is 1. The van der Waals surface area contributed by atoms with E-state index in [1.54, 1.807) is 23.5 Å². The van der Waals surface area contributed by atoms with Gasteiger partial charge in [-0.2, -0.15) is 5.10 Å². The van der Waals surface area contributed by atoms with Gasteiger partial charge in [0.05, 0.1) is 5.69 Å². The summed E-state index contributed by atoms with van der Waals surface area (Å²) in [5, 5.41) is 8.04. The van der Waals surface area contributed by atoms with Crippen LogP contribution < -0.4 is 10.1 Å². The third kappa shape index (κ3) is 6.74. The molecule has 0 aliphatic carbocycles. The molecule has 0 radical (unpaired) electrons. The number of hydrogen-bond acceptors (Lipinski definition) is 8. The molecule has 1 aliphatic rings. The van der Waals surface area contributed by atoms with Crippen LogP contribution in [0.4, 0.5) is 16.4 Å². The summed E-state index contributed by atoms with van der Waals surface area (Å²) in [7, 11) is 0. The van der Waals surface area contributed by atoms with Gasteiger partial charge in [0, 0.05) is 80.1 Å². The number of likely N-dealkylation sites (tertiary alicyclic amines) is 1. The van der Waals surface area contributed by atoms with Crippen molar-refractivity contribution in [3.8, 4) is 28.3 Å². The summed E-state index contributed by atoms with van der Waals surface area (Å²) in [6, 6.07) is 13.5. The second-order valence-corrected chi connectivity index (χ2v) is 10.7. The van der Waals surface area contributed by atoms with Crippen LogP contribution in [0.2, 0.25) is 0 Å². The highest BCUT2D eigenvalue weighted by molar-refractivity contribution is 5.78. The lowest BCUT2D eigenvalue weighted by molar-refractivity contribution is 0.0126. The van der Waals surface area contributed by atoms with Crippen LogP contribution in [0, 0.1) is 0 Å². The number of piperidine rings is 1. The number of nitrogens with zero attached hydrogens (tertiary/aromatic N) is 6. The van der Waals surface area contributed by atoms with Crippen LogP contribution in [0.5, 0.6) is 5.75 Å². The highest BCUT2D eigenvalue weighted by Crippen LogP contribution is 2.30. The van der Waals surface area contributed by atoms with Crippen molar-refractivity contribution in [1.29, 1.82) is 0 Å². The standard InChI is InChI=1S/C30H35N7O3/c1-5-37-20-25(27(35-37)21-8-7-14-31-19-21)26-11-15-32-28(34-26)33-22-9-6-10-24(18-22)39-23-12-16-36(17-13-23)29(38)40-30(2,3)4/h6-11,14-15,18-20,23H,5,12-13,16-17H2,1-4H3,(H,32,33,34). The Kier molecular flexibility index (Phi) is 7.95. The lowest BCUT2D eigenvalue weighted by Crippen LogP contribution is -2.44. The van der Waals surface area contributed by atoms with Crippen molar-refractivity contribution in [2.24, 2.45) is 0 Å². The molecule has 1 fully saturated rings. The van der Waals surface area contributed by atoms with Gasteiger partial charge in [-0.05, 0) is 58.0 Å². The number of rotatable bonds is 7. The molecule has 10 nitrogen and oxygen atoms in total. The van der Waals surface area contributed by atoms with E-state index >= 15 is 0 Å². The third-order valence-corrected chi connectivity index (χ3v) is 6.44. The molecule has 1 N–H and O–H groups in total. The molecule has 0 atom stereocenters. The zero-order valence-corrected chi connectivity index (χ0v) is 23.4. The summed E-state index contributed by atoms with van der Waals surface area (Å²) >= 11 is 0. The molecule has 0 saturated carbocycles. The molecule has 0 unspecified atom stereocenters. The Bertz CT molecular complexity index is 1440. The van der Waals surface area contributed by atoms with Crippen molar-refractivity contribution in [2.45, 2.75) is 58.8 Å². The van der Waals surface area contributed by atoms with Gasteiger partial charge in [0.2, 0.25) is 5.95 Å². The largest absolute Gasteiger partial charge is 0.490 e. The Hall–Kier alpha value is -4.47. The molecule has 1 saturated heterocycles. The van der Waals surface area contributed by atoms with E-state index in [1.165, 1.54) is 0 Å². The number of amides is 1. The van der Waals surface area contributed by atoms with Gasteiger partial charge < -0.3 is 19.7 Å². The molecule has 40 heavy (non-hydrogen) atoms. The third-order valence-electron chi connectivity index (χ3n) is 6.44. The number of benzene rings is 1.